The molecule has 0 aromatic heterocycles. The largest absolute Gasteiger partial charge is 0.388 e. The Morgan fingerprint density at radius 1 is 0.900 bits per heavy atom. The van der Waals surface area contributed by atoms with E-state index >= 15 is 0 Å². The topological polar surface area (TPSA) is 154 Å². The Kier molecular flexibility index (Phi) is 14.0. The van der Waals surface area contributed by atoms with Crippen molar-refractivity contribution in [2.75, 3.05) is 60.3 Å². The van der Waals surface area contributed by atoms with E-state index in [-0.39, 0.29) is 23.2 Å². The summed E-state index contributed by atoms with van der Waals surface area (Å²) in [5.74, 6) is -0.0361. The molecule has 0 radical (unpaired) electrons. The van der Waals surface area contributed by atoms with Gasteiger partial charge in [-0.25, -0.2) is 13.1 Å². The van der Waals surface area contributed by atoms with Gasteiger partial charge in [-0.3, -0.25) is 14.9 Å². The van der Waals surface area contributed by atoms with Gasteiger partial charge >= 0.3 is 0 Å². The number of piperidine rings is 1. The standard InChI is InChI=1S/C45H48ClN5O7S2/c1-31(22-29-59-38-16-14-37(15-17-38)50-25-27-58-28-26-50)47-42-19-18-39(30-43(42)51(54)55)60(56,57)48-45(53)34-8-12-36(13-9-34)49-23-20-33(21-24-49)44(52)41-5-3-2-4-40(41)32-6-10-35(46)11-7-32/h2-19,30-31,33,44,47,52H,20-29H2,1H3,(H,48,53)/t31-,44-/m1/s1. The van der Waals surface area contributed by atoms with E-state index in [0.717, 1.165) is 78.2 Å². The number of hydrogen-bond acceptors (Lipinski definition) is 11. The number of carbonyl (C=O) groups is 1. The minimum absolute atomic E-state index is 0.0496. The molecule has 0 unspecified atom stereocenters. The Morgan fingerprint density at radius 3 is 2.20 bits per heavy atom. The molecular weight excluding hydrogens is 822 g/mol. The Balaban J connectivity index is 0.906. The van der Waals surface area contributed by atoms with Gasteiger partial charge in [-0.1, -0.05) is 48.0 Å². The molecule has 1 amide bonds. The van der Waals surface area contributed by atoms with Crippen LogP contribution in [-0.2, 0) is 14.8 Å². The van der Waals surface area contributed by atoms with Crippen LogP contribution in [0, 0.1) is 16.0 Å². The molecule has 60 heavy (non-hydrogen) atoms. The second kappa shape index (κ2) is 19.5. The number of nitrogens with one attached hydrogen (secondary N) is 2. The predicted molar refractivity (Wildman–Crippen MR) is 239 cm³/mol. The number of aliphatic hydroxyl groups is 1. The number of benzene rings is 5. The van der Waals surface area contributed by atoms with Crippen LogP contribution in [0.4, 0.5) is 22.7 Å². The summed E-state index contributed by atoms with van der Waals surface area (Å²) in [7, 11) is -4.44. The van der Waals surface area contributed by atoms with Crippen LogP contribution >= 0.6 is 23.4 Å². The Hall–Kier alpha value is -5.12. The van der Waals surface area contributed by atoms with Crippen LogP contribution in [-0.4, -0.2) is 75.5 Å². The van der Waals surface area contributed by atoms with E-state index in [1.807, 2.05) is 55.5 Å². The lowest BCUT2D eigenvalue weighted by Crippen LogP contribution is -2.36. The second-order valence-electron chi connectivity index (χ2n) is 15.1. The summed E-state index contributed by atoms with van der Waals surface area (Å²) in [6, 6.07) is 33.9. The number of nitro benzene ring substituents is 1. The second-order valence-corrected chi connectivity index (χ2v) is 18.3. The molecule has 3 N–H and O–H groups in total. The Morgan fingerprint density at radius 2 is 1.53 bits per heavy atom. The summed E-state index contributed by atoms with van der Waals surface area (Å²) in [5, 5.41) is 27.4. The summed E-state index contributed by atoms with van der Waals surface area (Å²) in [6.07, 6.45) is 1.56. The van der Waals surface area contributed by atoms with Crippen molar-refractivity contribution in [3.63, 3.8) is 0 Å². The van der Waals surface area contributed by atoms with Crippen LogP contribution < -0.4 is 19.8 Å². The lowest BCUT2D eigenvalue weighted by molar-refractivity contribution is -0.384. The van der Waals surface area contributed by atoms with Crippen LogP contribution in [0.2, 0.25) is 5.02 Å². The number of nitro groups is 1. The van der Waals surface area contributed by atoms with Gasteiger partial charge in [-0.2, -0.15) is 0 Å². The van der Waals surface area contributed by atoms with Crippen LogP contribution in [0.3, 0.4) is 0 Å². The summed E-state index contributed by atoms with van der Waals surface area (Å²) in [4.78, 5) is 29.8. The zero-order chi connectivity index (χ0) is 42.2. The zero-order valence-electron chi connectivity index (χ0n) is 33.2. The quantitative estimate of drug-likeness (QED) is 0.0526. The van der Waals surface area contributed by atoms with Gasteiger partial charge in [0, 0.05) is 65.1 Å². The van der Waals surface area contributed by atoms with E-state index in [9.17, 15) is 28.4 Å². The molecule has 0 spiro atoms. The first kappa shape index (κ1) is 43.0. The van der Waals surface area contributed by atoms with Crippen LogP contribution in [0.5, 0.6) is 0 Å². The molecule has 12 nitrogen and oxygen atoms in total. The highest BCUT2D eigenvalue weighted by atomic mass is 35.5. The lowest BCUT2D eigenvalue weighted by Gasteiger charge is -2.36. The van der Waals surface area contributed by atoms with Crippen molar-refractivity contribution < 1.29 is 28.0 Å². The van der Waals surface area contributed by atoms with Crippen molar-refractivity contribution in [1.29, 1.82) is 0 Å². The van der Waals surface area contributed by atoms with Crippen molar-refractivity contribution in [3.8, 4) is 11.1 Å². The number of sulfonamides is 1. The van der Waals surface area contributed by atoms with Crippen molar-refractivity contribution in [3.05, 3.63) is 142 Å². The van der Waals surface area contributed by atoms with Gasteiger partial charge in [-0.05, 0) is 127 Å². The molecule has 2 saturated heterocycles. The third-order valence-corrected chi connectivity index (χ3v) is 13.7. The molecular formula is C45H48ClN5O7S2. The summed E-state index contributed by atoms with van der Waals surface area (Å²) in [6.45, 7) is 6.50. The molecule has 5 aromatic carbocycles. The average Bonchev–Trinajstić information content (AvgIpc) is 3.27. The molecule has 0 bridgehead atoms. The smallest absolute Gasteiger partial charge is 0.293 e. The highest BCUT2D eigenvalue weighted by Crippen LogP contribution is 2.38. The molecule has 2 heterocycles. The van der Waals surface area contributed by atoms with Crippen molar-refractivity contribution in [2.45, 2.75) is 48.1 Å². The Bertz CT molecular complexity index is 2370. The normalized spacial score (nSPS) is 15.9. The maximum Gasteiger partial charge on any atom is 0.293 e. The first-order valence-electron chi connectivity index (χ1n) is 20.0. The number of aliphatic hydroxyl groups excluding tert-OH is 1. The number of carbonyl (C=O) groups excluding carboxylic acids is 1. The third-order valence-electron chi connectivity index (χ3n) is 11.1. The molecule has 5 aromatic rings. The summed E-state index contributed by atoms with van der Waals surface area (Å²) in [5.41, 5.74) is 4.78. The molecule has 0 aliphatic carbocycles. The SMILES string of the molecule is C[C@H](CCSc1ccc(N2CCOCC2)cc1)Nc1ccc(S(=O)(=O)NC(=O)c2ccc(N3CCC([C@@H](O)c4ccccc4-c4ccc(Cl)cc4)CC3)cc2)cc1[N+](=O)[O-]. The number of rotatable bonds is 15. The van der Waals surface area contributed by atoms with Gasteiger partial charge in [0.05, 0.1) is 29.1 Å². The van der Waals surface area contributed by atoms with E-state index in [1.165, 1.54) is 17.8 Å². The fourth-order valence-corrected chi connectivity index (χ4v) is 9.81. The van der Waals surface area contributed by atoms with E-state index < -0.39 is 37.5 Å². The van der Waals surface area contributed by atoms with E-state index in [1.54, 1.807) is 36.0 Å². The molecule has 2 atom stereocenters. The van der Waals surface area contributed by atoms with Crippen molar-refractivity contribution >= 4 is 62.0 Å². The fourth-order valence-electron chi connectivity index (χ4n) is 7.66. The molecule has 314 valence electrons. The first-order valence-corrected chi connectivity index (χ1v) is 22.9. The van der Waals surface area contributed by atoms with E-state index in [4.69, 9.17) is 16.3 Å². The highest BCUT2D eigenvalue weighted by Gasteiger charge is 2.29. The number of amides is 1. The van der Waals surface area contributed by atoms with Crippen molar-refractivity contribution in [2.24, 2.45) is 5.92 Å². The minimum Gasteiger partial charge on any atom is -0.388 e. The summed E-state index contributed by atoms with van der Waals surface area (Å²) < 4.78 is 34.1. The predicted octanol–water partition coefficient (Wildman–Crippen LogP) is 8.80. The van der Waals surface area contributed by atoms with Crippen LogP contribution in [0.25, 0.3) is 11.1 Å². The molecule has 2 aliphatic heterocycles. The number of nitrogens with zero attached hydrogens (tertiary/aromatic N) is 3. The van der Waals surface area contributed by atoms with Gasteiger partial charge in [0.1, 0.15) is 5.69 Å². The third kappa shape index (κ3) is 10.6. The molecule has 2 fully saturated rings. The van der Waals surface area contributed by atoms with Crippen molar-refractivity contribution in [1.82, 2.24) is 4.72 Å². The van der Waals surface area contributed by atoms with E-state index in [2.05, 4.69) is 44.1 Å². The summed E-state index contributed by atoms with van der Waals surface area (Å²) >= 11 is 7.80. The average molecular weight is 870 g/mol. The number of halogens is 1. The van der Waals surface area contributed by atoms with Crippen LogP contribution in [0.15, 0.2) is 125 Å². The Labute approximate surface area is 360 Å². The molecule has 2 aliphatic rings. The van der Waals surface area contributed by atoms with Crippen LogP contribution in [0.1, 0.15) is 48.2 Å². The fraction of sp³-hybridized carbons (Fsp3) is 0.311. The van der Waals surface area contributed by atoms with Gasteiger partial charge < -0.3 is 25.0 Å². The number of morpholine rings is 1. The number of thioether (sulfide) groups is 1. The molecule has 0 saturated carbocycles. The molecule has 15 heteroatoms. The monoisotopic (exact) mass is 869 g/mol. The lowest BCUT2D eigenvalue weighted by atomic mass is 9.84. The molecule has 7 rings (SSSR count). The minimum atomic E-state index is -4.44. The van der Waals surface area contributed by atoms with E-state index in [0.29, 0.717) is 24.5 Å². The van der Waals surface area contributed by atoms with Gasteiger partial charge in [0.2, 0.25) is 0 Å². The maximum atomic E-state index is 13.3. The van der Waals surface area contributed by atoms with Gasteiger partial charge in [0.15, 0.2) is 0 Å². The van der Waals surface area contributed by atoms with Gasteiger partial charge in [0.25, 0.3) is 21.6 Å². The number of hydrogen-bond donors (Lipinski definition) is 3. The van der Waals surface area contributed by atoms with Gasteiger partial charge in [-0.15, -0.1) is 11.8 Å². The first-order chi connectivity index (χ1) is 28.9. The number of anilines is 3. The maximum absolute atomic E-state index is 13.3. The zero-order valence-corrected chi connectivity index (χ0v) is 35.6. The number of ether oxygens (including phenoxy) is 1. The highest BCUT2D eigenvalue weighted by molar-refractivity contribution is 7.99.